The van der Waals surface area contributed by atoms with E-state index < -0.39 is 45.1 Å². The van der Waals surface area contributed by atoms with Crippen LogP contribution in [0.3, 0.4) is 0 Å². The Morgan fingerprint density at radius 3 is 2.54 bits per heavy atom. The Hall–Kier alpha value is -3.69. The Bertz CT molecular complexity index is 1940. The number of carbonyl (C=O) groups is 3. The van der Waals surface area contributed by atoms with Crippen LogP contribution >= 0.6 is 11.6 Å². The van der Waals surface area contributed by atoms with Crippen molar-refractivity contribution >= 4 is 45.2 Å². The third kappa shape index (κ3) is 7.73. The molecule has 1 fully saturated rings. The number of hydrogen-bond donors (Lipinski definition) is 3. The number of nitrogens with one attached hydrogen (secondary N) is 1. The number of anilines is 1. The molecule has 294 valence electrons. The van der Waals surface area contributed by atoms with Crippen LogP contribution in [0.15, 0.2) is 48.6 Å². The number of aryl methyl sites for hydroxylation is 1. The van der Waals surface area contributed by atoms with Crippen LogP contribution < -0.4 is 14.4 Å². The fourth-order valence-corrected chi connectivity index (χ4v) is 9.23. The van der Waals surface area contributed by atoms with E-state index >= 15 is 0 Å². The highest BCUT2D eigenvalue weighted by Gasteiger charge is 2.50. The van der Waals surface area contributed by atoms with Crippen LogP contribution in [0.4, 0.5) is 5.69 Å². The van der Waals surface area contributed by atoms with E-state index in [1.165, 1.54) is 37.0 Å². The van der Waals surface area contributed by atoms with Gasteiger partial charge in [0, 0.05) is 65.3 Å². The number of benzene rings is 2. The number of fused-ring (bicyclic) bond motifs is 4. The van der Waals surface area contributed by atoms with E-state index in [0.29, 0.717) is 49.0 Å². The van der Waals surface area contributed by atoms with Crippen LogP contribution in [-0.4, -0.2) is 118 Å². The highest BCUT2D eigenvalue weighted by Crippen LogP contribution is 2.49. The summed E-state index contributed by atoms with van der Waals surface area (Å²) in [5, 5.41) is 25.2. The summed E-state index contributed by atoms with van der Waals surface area (Å²) in [4.78, 5) is 45.8. The average Bonchev–Trinajstić information content (AvgIpc) is 3.24. The van der Waals surface area contributed by atoms with Crippen molar-refractivity contribution in [1.29, 1.82) is 0 Å². The highest BCUT2D eigenvalue weighted by molar-refractivity contribution is 7.87. The lowest BCUT2D eigenvalue weighted by molar-refractivity contribution is -0.148. The summed E-state index contributed by atoms with van der Waals surface area (Å²) in [6.45, 7) is 1.48. The molecule has 3 N–H and O–H groups in total. The number of amides is 3. The smallest absolute Gasteiger partial charge is 0.303 e. The summed E-state index contributed by atoms with van der Waals surface area (Å²) < 4.78 is 35.1. The van der Waals surface area contributed by atoms with E-state index in [-0.39, 0.29) is 36.3 Å². The zero-order valence-electron chi connectivity index (χ0n) is 31.7. The number of hydrogen-bond acceptors (Lipinski definition) is 9. The Balaban J connectivity index is 1.50. The lowest BCUT2D eigenvalue weighted by Crippen LogP contribution is -2.53. The minimum absolute atomic E-state index is 0.0278. The number of nitrogens with zero attached hydrogens (tertiary/aromatic N) is 4. The van der Waals surface area contributed by atoms with Crippen molar-refractivity contribution in [2.24, 2.45) is 11.8 Å². The molecule has 0 saturated heterocycles. The van der Waals surface area contributed by atoms with Crippen molar-refractivity contribution in [2.75, 3.05) is 66.4 Å². The predicted octanol–water partition coefficient (Wildman–Crippen LogP) is 2.97. The number of halogens is 1. The fourth-order valence-electron chi connectivity index (χ4n) is 8.45. The molecule has 2 heterocycles. The van der Waals surface area contributed by atoms with Crippen molar-refractivity contribution in [3.63, 3.8) is 0 Å². The second kappa shape index (κ2) is 15.1. The summed E-state index contributed by atoms with van der Waals surface area (Å²) in [6, 6.07) is 10.7. The lowest BCUT2D eigenvalue weighted by atomic mass is 9.63. The van der Waals surface area contributed by atoms with E-state index in [4.69, 9.17) is 16.3 Å². The summed E-state index contributed by atoms with van der Waals surface area (Å²) in [6.07, 6.45) is 7.08. The van der Waals surface area contributed by atoms with E-state index in [1.54, 1.807) is 38.4 Å². The molecule has 2 aliphatic carbocycles. The molecule has 0 aromatic heterocycles. The molecular weight excluding hydrogens is 734 g/mol. The Labute approximate surface area is 323 Å². The van der Waals surface area contributed by atoms with Gasteiger partial charge in [-0.15, -0.1) is 0 Å². The SMILES string of the molecule is CN(C)C(=O)C[C@@]1(O)/C=C/CCN(C)C(=O)C[C@](O)(C(=O)NS(=O)(=O)N(C)C)c2ccc3c(c2)N(C[C@@H]2CC[C@H]21)C[C@@]1(CCCc2cc(Cl)ccc21)CO3. The minimum atomic E-state index is -4.33. The molecule has 6 rings (SSSR count). The molecule has 2 aliphatic heterocycles. The van der Waals surface area contributed by atoms with Gasteiger partial charge in [0.25, 0.3) is 5.91 Å². The summed E-state index contributed by atoms with van der Waals surface area (Å²) in [5.41, 5.74) is -1.59. The first-order chi connectivity index (χ1) is 25.4. The molecule has 54 heavy (non-hydrogen) atoms. The van der Waals surface area contributed by atoms with E-state index in [1.807, 2.05) is 16.9 Å². The topological polar surface area (TPSA) is 160 Å². The normalized spacial score (nSPS) is 29.3. The van der Waals surface area contributed by atoms with Crippen LogP contribution in [0.25, 0.3) is 0 Å². The first-order valence-electron chi connectivity index (χ1n) is 18.5. The standard InChI is InChI=1S/C39H52ClN5O8S/c1-42(2)34(46)21-38(49)17-6-7-18-44(5)35(47)22-39(50,36(48)41-54(51,52)43(3)4)28-11-15-33-32(20-28)45(23-27-10-13-31(27)38)24-37(25-53-33)16-8-9-26-19-29(40)12-14-30(26)37/h6,11-12,14-15,17,19-20,27,31,49-50H,7-10,13,16,18,21-25H2,1-5H3,(H,41,48)/b17-6+/t27-,31+,37-,38-,39+/m0/s1. The number of carbonyl (C=O) groups excluding carboxylic acids is 3. The molecular formula is C39H52ClN5O8S. The van der Waals surface area contributed by atoms with Crippen molar-refractivity contribution in [1.82, 2.24) is 18.8 Å². The first-order valence-corrected chi connectivity index (χ1v) is 20.3. The summed E-state index contributed by atoms with van der Waals surface area (Å²) in [7, 11) is 3.03. The summed E-state index contributed by atoms with van der Waals surface area (Å²) >= 11 is 6.45. The largest absolute Gasteiger partial charge is 0.490 e. The predicted molar refractivity (Wildman–Crippen MR) is 205 cm³/mol. The third-order valence-electron chi connectivity index (χ3n) is 11.9. The van der Waals surface area contributed by atoms with Gasteiger partial charge in [-0.2, -0.15) is 12.7 Å². The Morgan fingerprint density at radius 2 is 1.85 bits per heavy atom. The molecule has 1 spiro atoms. The molecule has 15 heteroatoms. The highest BCUT2D eigenvalue weighted by atomic mass is 35.5. The average molecular weight is 786 g/mol. The fraction of sp³-hybridized carbons (Fsp3) is 0.564. The van der Waals surface area contributed by atoms with E-state index in [2.05, 4.69) is 11.0 Å². The molecule has 2 aromatic carbocycles. The maximum Gasteiger partial charge on any atom is 0.303 e. The number of ether oxygens (including phenoxy) is 1. The summed E-state index contributed by atoms with van der Waals surface area (Å²) in [5.74, 6) is -1.86. The van der Waals surface area contributed by atoms with E-state index in [9.17, 15) is 33.0 Å². The van der Waals surface area contributed by atoms with Crippen molar-refractivity contribution in [2.45, 2.75) is 68.0 Å². The van der Waals surface area contributed by atoms with Gasteiger partial charge in [0.1, 0.15) is 5.75 Å². The van der Waals surface area contributed by atoms with Crippen LogP contribution in [0.1, 0.15) is 61.6 Å². The van der Waals surface area contributed by atoms with Gasteiger partial charge < -0.3 is 29.6 Å². The second-order valence-electron chi connectivity index (χ2n) is 15.9. The quantitative estimate of drug-likeness (QED) is 0.388. The van der Waals surface area contributed by atoms with Gasteiger partial charge in [-0.25, -0.2) is 4.72 Å². The van der Waals surface area contributed by atoms with Crippen molar-refractivity contribution in [3.8, 4) is 5.75 Å². The van der Waals surface area contributed by atoms with Gasteiger partial charge in [-0.3, -0.25) is 14.4 Å². The Kier molecular flexibility index (Phi) is 11.2. The van der Waals surface area contributed by atoms with Crippen LogP contribution in [0.2, 0.25) is 5.02 Å². The molecule has 0 radical (unpaired) electrons. The molecule has 2 aromatic rings. The van der Waals surface area contributed by atoms with Gasteiger partial charge in [0.2, 0.25) is 11.8 Å². The van der Waals surface area contributed by atoms with Crippen molar-refractivity contribution in [3.05, 3.63) is 70.3 Å². The number of rotatable bonds is 5. The minimum Gasteiger partial charge on any atom is -0.490 e. The molecule has 1 saturated carbocycles. The van der Waals surface area contributed by atoms with Crippen molar-refractivity contribution < 1.29 is 37.8 Å². The molecule has 2 bridgehead atoms. The van der Waals surface area contributed by atoms with Gasteiger partial charge in [-0.05, 0) is 91.3 Å². The molecule has 13 nitrogen and oxygen atoms in total. The third-order valence-corrected chi connectivity index (χ3v) is 13.6. The second-order valence-corrected chi connectivity index (χ2v) is 18.3. The van der Waals surface area contributed by atoms with Crippen LogP contribution in [-0.2, 0) is 42.0 Å². The number of aliphatic hydroxyl groups is 2. The van der Waals surface area contributed by atoms with Gasteiger partial charge in [0.05, 0.1) is 30.7 Å². The Morgan fingerprint density at radius 1 is 1.09 bits per heavy atom. The molecule has 0 unspecified atom stereocenters. The van der Waals surface area contributed by atoms with Crippen LogP contribution in [0.5, 0.6) is 5.75 Å². The van der Waals surface area contributed by atoms with E-state index in [0.717, 1.165) is 41.1 Å². The van der Waals surface area contributed by atoms with Crippen LogP contribution in [0, 0.1) is 11.8 Å². The molecule has 3 amide bonds. The first kappa shape index (κ1) is 40.0. The maximum atomic E-state index is 13.9. The molecule has 5 atom stereocenters. The lowest BCUT2D eigenvalue weighted by Gasteiger charge is -2.49. The monoisotopic (exact) mass is 785 g/mol. The van der Waals surface area contributed by atoms with Gasteiger partial charge in [-0.1, -0.05) is 35.9 Å². The van der Waals surface area contributed by atoms with Gasteiger partial charge >= 0.3 is 10.2 Å². The maximum absolute atomic E-state index is 13.9. The molecule has 4 aliphatic rings. The zero-order chi connectivity index (χ0) is 39.2. The zero-order valence-corrected chi connectivity index (χ0v) is 33.3. The van der Waals surface area contributed by atoms with Gasteiger partial charge in [0.15, 0.2) is 5.60 Å².